The molecule has 0 unspecified atom stereocenters. The SMILES string of the molecule is O=C1NC(=O)C(=CC=Cc2ccccn2)O1. The van der Waals surface area contributed by atoms with Gasteiger partial charge < -0.3 is 4.74 Å². The molecule has 0 aromatic carbocycles. The Bertz CT molecular complexity index is 477. The van der Waals surface area contributed by atoms with Crippen LogP contribution in [0.25, 0.3) is 6.08 Å². The van der Waals surface area contributed by atoms with Gasteiger partial charge >= 0.3 is 6.09 Å². The van der Waals surface area contributed by atoms with Crippen LogP contribution in [-0.2, 0) is 9.53 Å². The summed E-state index contributed by atoms with van der Waals surface area (Å²) in [6, 6.07) is 5.47. The minimum Gasteiger partial charge on any atom is -0.404 e. The zero-order valence-electron chi connectivity index (χ0n) is 8.21. The summed E-state index contributed by atoms with van der Waals surface area (Å²) in [4.78, 5) is 25.8. The predicted octanol–water partition coefficient (Wildman–Crippen LogP) is 1.25. The standard InChI is InChI=1S/C11H8N2O3/c14-10-9(16-11(15)13-10)6-3-5-8-4-1-2-7-12-8/h1-7H,(H,13,14,15). The van der Waals surface area contributed by atoms with Crippen molar-refractivity contribution < 1.29 is 14.3 Å². The topological polar surface area (TPSA) is 68.3 Å². The third-order valence-corrected chi connectivity index (χ3v) is 1.84. The lowest BCUT2D eigenvalue weighted by Crippen LogP contribution is -2.18. The number of alkyl carbamates (subject to hydrolysis) is 1. The molecule has 16 heavy (non-hydrogen) atoms. The van der Waals surface area contributed by atoms with Gasteiger partial charge in [-0.05, 0) is 24.3 Å². The molecular formula is C11H8N2O3. The van der Waals surface area contributed by atoms with Crippen LogP contribution in [0.5, 0.6) is 0 Å². The van der Waals surface area contributed by atoms with Gasteiger partial charge in [-0.15, -0.1) is 0 Å². The Balaban J connectivity index is 2.07. The molecule has 0 aliphatic carbocycles. The summed E-state index contributed by atoms with van der Waals surface area (Å²) in [6.07, 6.45) is 5.62. The Labute approximate surface area is 91.4 Å². The minimum absolute atomic E-state index is 0.0165. The van der Waals surface area contributed by atoms with E-state index < -0.39 is 12.0 Å². The van der Waals surface area contributed by atoms with E-state index in [1.165, 1.54) is 6.08 Å². The normalized spacial score (nSPS) is 17.9. The molecule has 0 bridgehead atoms. The van der Waals surface area contributed by atoms with Crippen LogP contribution in [0, 0.1) is 0 Å². The number of amides is 2. The predicted molar refractivity (Wildman–Crippen MR) is 56.0 cm³/mol. The van der Waals surface area contributed by atoms with Gasteiger partial charge in [0.15, 0.2) is 5.76 Å². The van der Waals surface area contributed by atoms with Crippen molar-refractivity contribution in [2.45, 2.75) is 0 Å². The van der Waals surface area contributed by atoms with Gasteiger partial charge in [-0.25, -0.2) is 4.79 Å². The van der Waals surface area contributed by atoms with Gasteiger partial charge in [-0.1, -0.05) is 12.1 Å². The van der Waals surface area contributed by atoms with Gasteiger partial charge in [0.25, 0.3) is 5.91 Å². The number of rotatable bonds is 2. The van der Waals surface area contributed by atoms with E-state index in [-0.39, 0.29) is 5.76 Å². The number of hydrogen-bond donors (Lipinski definition) is 1. The summed E-state index contributed by atoms with van der Waals surface area (Å²) in [5.74, 6) is -0.548. The first-order chi connectivity index (χ1) is 7.75. The van der Waals surface area contributed by atoms with E-state index in [4.69, 9.17) is 0 Å². The molecule has 5 nitrogen and oxygen atoms in total. The number of allylic oxidation sites excluding steroid dienone is 2. The highest BCUT2D eigenvalue weighted by molar-refractivity contribution is 6.07. The average Bonchev–Trinajstić information content (AvgIpc) is 2.59. The van der Waals surface area contributed by atoms with Crippen molar-refractivity contribution in [3.05, 3.63) is 48.0 Å². The van der Waals surface area contributed by atoms with E-state index in [9.17, 15) is 9.59 Å². The second-order valence-corrected chi connectivity index (χ2v) is 2.99. The first-order valence-electron chi connectivity index (χ1n) is 4.58. The number of aromatic nitrogens is 1. The number of cyclic esters (lactones) is 1. The molecule has 2 amide bonds. The van der Waals surface area contributed by atoms with E-state index in [2.05, 4.69) is 9.72 Å². The molecule has 2 rings (SSSR count). The Hall–Kier alpha value is -2.43. The number of carbonyl (C=O) groups is 2. The van der Waals surface area contributed by atoms with Crippen LogP contribution in [0.2, 0.25) is 0 Å². The molecule has 0 radical (unpaired) electrons. The van der Waals surface area contributed by atoms with Crippen LogP contribution in [0.4, 0.5) is 4.79 Å². The largest absolute Gasteiger partial charge is 0.419 e. The van der Waals surface area contributed by atoms with Crippen molar-refractivity contribution in [2.75, 3.05) is 0 Å². The monoisotopic (exact) mass is 216 g/mol. The van der Waals surface area contributed by atoms with Gasteiger partial charge in [-0.3, -0.25) is 15.1 Å². The minimum atomic E-state index is -0.748. The fourth-order valence-electron chi connectivity index (χ4n) is 1.14. The maximum atomic E-state index is 11.1. The lowest BCUT2D eigenvalue weighted by molar-refractivity contribution is -0.116. The number of hydrogen-bond acceptors (Lipinski definition) is 4. The summed E-state index contributed by atoms with van der Waals surface area (Å²) < 4.78 is 4.60. The molecule has 0 spiro atoms. The third-order valence-electron chi connectivity index (χ3n) is 1.84. The maximum Gasteiger partial charge on any atom is 0.419 e. The molecule has 1 N–H and O–H groups in total. The quantitative estimate of drug-likeness (QED) is 0.755. The van der Waals surface area contributed by atoms with Crippen LogP contribution in [0.1, 0.15) is 5.69 Å². The first-order valence-corrected chi connectivity index (χ1v) is 4.58. The first kappa shape index (κ1) is 10.1. The molecule has 0 atom stereocenters. The van der Waals surface area contributed by atoms with E-state index >= 15 is 0 Å². The number of carbonyl (C=O) groups excluding carboxylic acids is 2. The molecule has 1 saturated heterocycles. The molecule has 1 aliphatic rings. The van der Waals surface area contributed by atoms with Crippen molar-refractivity contribution >= 4 is 18.1 Å². The smallest absolute Gasteiger partial charge is 0.404 e. The zero-order valence-corrected chi connectivity index (χ0v) is 8.21. The second kappa shape index (κ2) is 4.39. The van der Waals surface area contributed by atoms with Crippen LogP contribution in [0.15, 0.2) is 42.3 Å². The fourth-order valence-corrected chi connectivity index (χ4v) is 1.14. The summed E-state index contributed by atoms with van der Waals surface area (Å²) in [5, 5.41) is 2.00. The van der Waals surface area contributed by atoms with Gasteiger partial charge in [0.1, 0.15) is 0 Å². The summed E-state index contributed by atoms with van der Waals surface area (Å²) in [6.45, 7) is 0. The number of ether oxygens (including phenoxy) is 1. The molecule has 1 aliphatic heterocycles. The van der Waals surface area contributed by atoms with Gasteiger partial charge in [0, 0.05) is 6.20 Å². The molecule has 5 heteroatoms. The van der Waals surface area contributed by atoms with Crippen LogP contribution in [0.3, 0.4) is 0 Å². The molecule has 1 aromatic rings. The van der Waals surface area contributed by atoms with Crippen molar-refractivity contribution in [1.82, 2.24) is 10.3 Å². The third kappa shape index (κ3) is 2.33. The van der Waals surface area contributed by atoms with Crippen molar-refractivity contribution in [2.24, 2.45) is 0 Å². The molecule has 1 fully saturated rings. The van der Waals surface area contributed by atoms with E-state index in [0.717, 1.165) is 5.69 Å². The number of imide groups is 1. The average molecular weight is 216 g/mol. The molecular weight excluding hydrogens is 208 g/mol. The lowest BCUT2D eigenvalue weighted by Gasteiger charge is -1.89. The van der Waals surface area contributed by atoms with E-state index in [1.807, 2.05) is 23.5 Å². The Morgan fingerprint density at radius 1 is 1.31 bits per heavy atom. The van der Waals surface area contributed by atoms with Crippen LogP contribution < -0.4 is 5.32 Å². The molecule has 1 aromatic heterocycles. The second-order valence-electron chi connectivity index (χ2n) is 2.99. The number of nitrogens with zero attached hydrogens (tertiary/aromatic N) is 1. The fraction of sp³-hybridized carbons (Fsp3) is 0. The van der Waals surface area contributed by atoms with Crippen molar-refractivity contribution in [3.63, 3.8) is 0 Å². The number of pyridine rings is 1. The molecule has 2 heterocycles. The van der Waals surface area contributed by atoms with E-state index in [0.29, 0.717) is 0 Å². The van der Waals surface area contributed by atoms with Crippen molar-refractivity contribution in [3.8, 4) is 0 Å². The van der Waals surface area contributed by atoms with Crippen molar-refractivity contribution in [1.29, 1.82) is 0 Å². The summed E-state index contributed by atoms with van der Waals surface area (Å²) >= 11 is 0. The van der Waals surface area contributed by atoms with Crippen LogP contribution >= 0.6 is 0 Å². The maximum absolute atomic E-state index is 11.1. The highest BCUT2D eigenvalue weighted by Crippen LogP contribution is 2.06. The highest BCUT2D eigenvalue weighted by Gasteiger charge is 2.25. The van der Waals surface area contributed by atoms with Gasteiger partial charge in [0.05, 0.1) is 5.69 Å². The Morgan fingerprint density at radius 2 is 2.19 bits per heavy atom. The Kier molecular flexibility index (Phi) is 2.77. The molecule has 80 valence electrons. The van der Waals surface area contributed by atoms with Gasteiger partial charge in [0.2, 0.25) is 0 Å². The number of nitrogens with one attached hydrogen (secondary N) is 1. The van der Waals surface area contributed by atoms with E-state index in [1.54, 1.807) is 18.3 Å². The Morgan fingerprint density at radius 3 is 2.81 bits per heavy atom. The molecule has 0 saturated carbocycles. The lowest BCUT2D eigenvalue weighted by atomic mass is 10.3. The zero-order chi connectivity index (χ0) is 11.4. The van der Waals surface area contributed by atoms with Crippen LogP contribution in [-0.4, -0.2) is 17.0 Å². The summed E-state index contributed by atoms with van der Waals surface area (Å²) in [5.41, 5.74) is 0.754. The van der Waals surface area contributed by atoms with Gasteiger partial charge in [-0.2, -0.15) is 0 Å². The summed E-state index contributed by atoms with van der Waals surface area (Å²) in [7, 11) is 0. The highest BCUT2D eigenvalue weighted by atomic mass is 16.6.